The Morgan fingerprint density at radius 2 is 2.00 bits per heavy atom. The summed E-state index contributed by atoms with van der Waals surface area (Å²) < 4.78 is 27.2. The zero-order valence-electron chi connectivity index (χ0n) is 11.8. The molecule has 0 spiro atoms. The number of hydrogen-bond donors (Lipinski definition) is 2. The Morgan fingerprint density at radius 1 is 1.30 bits per heavy atom. The van der Waals surface area contributed by atoms with Crippen molar-refractivity contribution >= 4 is 5.91 Å². The molecule has 1 aliphatic rings. The van der Waals surface area contributed by atoms with Crippen molar-refractivity contribution in [2.45, 2.75) is 32.7 Å². The second kappa shape index (κ2) is 6.31. The smallest absolute Gasteiger partial charge is 0.223 e. The van der Waals surface area contributed by atoms with Gasteiger partial charge in [0.2, 0.25) is 5.91 Å². The Bertz CT molecular complexity index is 501. The second-order valence-corrected chi connectivity index (χ2v) is 5.36. The maximum atomic E-state index is 13.8. The Kier molecular flexibility index (Phi) is 4.70. The molecule has 1 fully saturated rings. The average molecular weight is 282 g/mol. The summed E-state index contributed by atoms with van der Waals surface area (Å²) in [5, 5.41) is 5.90. The lowest BCUT2D eigenvalue weighted by molar-refractivity contribution is -0.122. The molecule has 110 valence electrons. The normalized spacial score (nSPS) is 16.0. The fourth-order valence-electron chi connectivity index (χ4n) is 2.07. The third kappa shape index (κ3) is 3.76. The summed E-state index contributed by atoms with van der Waals surface area (Å²) in [5.41, 5.74) is 0.608. The predicted octanol–water partition coefficient (Wildman–Crippen LogP) is 2.45. The molecule has 0 bridgehead atoms. The van der Waals surface area contributed by atoms with Crippen LogP contribution >= 0.6 is 0 Å². The molecular formula is C15H20F2N2O. The van der Waals surface area contributed by atoms with Crippen LogP contribution in [0.4, 0.5) is 8.78 Å². The number of nitrogens with one attached hydrogen (secondary N) is 2. The van der Waals surface area contributed by atoms with E-state index in [0.717, 1.165) is 12.8 Å². The van der Waals surface area contributed by atoms with Gasteiger partial charge in [0.25, 0.3) is 0 Å². The number of halogens is 2. The first-order valence-corrected chi connectivity index (χ1v) is 6.95. The van der Waals surface area contributed by atoms with Crippen LogP contribution in [-0.2, 0) is 4.79 Å². The largest absolute Gasteiger partial charge is 0.355 e. The third-order valence-corrected chi connectivity index (χ3v) is 3.57. The molecule has 1 aromatic carbocycles. The van der Waals surface area contributed by atoms with E-state index < -0.39 is 11.6 Å². The van der Waals surface area contributed by atoms with E-state index in [9.17, 15) is 13.6 Å². The molecule has 1 unspecified atom stereocenters. The van der Waals surface area contributed by atoms with Crippen molar-refractivity contribution in [1.29, 1.82) is 0 Å². The van der Waals surface area contributed by atoms with Crippen LogP contribution in [0.2, 0.25) is 0 Å². The molecular weight excluding hydrogens is 262 g/mol. The van der Waals surface area contributed by atoms with Crippen molar-refractivity contribution in [1.82, 2.24) is 10.6 Å². The van der Waals surface area contributed by atoms with Crippen LogP contribution in [0, 0.1) is 24.5 Å². The van der Waals surface area contributed by atoms with E-state index in [1.807, 2.05) is 0 Å². The van der Waals surface area contributed by atoms with Crippen LogP contribution in [0.15, 0.2) is 12.1 Å². The van der Waals surface area contributed by atoms with Crippen molar-refractivity contribution in [3.05, 3.63) is 34.9 Å². The molecule has 1 aromatic rings. The molecule has 1 aliphatic carbocycles. The van der Waals surface area contributed by atoms with Gasteiger partial charge in [-0.15, -0.1) is 0 Å². The molecule has 2 N–H and O–H groups in total. The second-order valence-electron chi connectivity index (χ2n) is 5.36. The van der Waals surface area contributed by atoms with Crippen LogP contribution in [-0.4, -0.2) is 19.0 Å². The first kappa shape index (κ1) is 14.9. The maximum absolute atomic E-state index is 13.8. The van der Waals surface area contributed by atoms with E-state index in [-0.39, 0.29) is 17.9 Å². The van der Waals surface area contributed by atoms with Gasteiger partial charge in [-0.05, 0) is 44.4 Å². The topological polar surface area (TPSA) is 41.1 Å². The van der Waals surface area contributed by atoms with Gasteiger partial charge in [-0.25, -0.2) is 8.78 Å². The van der Waals surface area contributed by atoms with Crippen molar-refractivity contribution in [2.24, 2.45) is 5.92 Å². The standard InChI is InChI=1S/C15H20F2N2O/c1-9-7-14(17)12(8-13(9)16)10(2)18-5-6-19-15(20)11-3-4-11/h7-8,10-11,18H,3-6H2,1-2H3,(H,19,20). The fourth-order valence-corrected chi connectivity index (χ4v) is 2.07. The van der Waals surface area contributed by atoms with Gasteiger partial charge >= 0.3 is 0 Å². The van der Waals surface area contributed by atoms with Gasteiger partial charge < -0.3 is 10.6 Å². The van der Waals surface area contributed by atoms with E-state index in [1.54, 1.807) is 6.92 Å². The monoisotopic (exact) mass is 282 g/mol. The summed E-state index contributed by atoms with van der Waals surface area (Å²) in [6.45, 7) is 4.33. The highest BCUT2D eigenvalue weighted by atomic mass is 19.1. The van der Waals surface area contributed by atoms with E-state index in [4.69, 9.17) is 0 Å². The number of carbonyl (C=O) groups excluding carboxylic acids is 1. The molecule has 20 heavy (non-hydrogen) atoms. The fraction of sp³-hybridized carbons (Fsp3) is 0.533. The lowest BCUT2D eigenvalue weighted by Gasteiger charge is -2.16. The van der Waals surface area contributed by atoms with Crippen LogP contribution in [0.1, 0.15) is 36.9 Å². The van der Waals surface area contributed by atoms with Gasteiger partial charge in [0.05, 0.1) is 0 Å². The van der Waals surface area contributed by atoms with E-state index in [0.29, 0.717) is 24.2 Å². The molecule has 1 amide bonds. The molecule has 0 saturated heterocycles. The number of rotatable bonds is 6. The Morgan fingerprint density at radius 3 is 2.65 bits per heavy atom. The van der Waals surface area contributed by atoms with Gasteiger partial charge in [0.15, 0.2) is 0 Å². The average Bonchev–Trinajstić information content (AvgIpc) is 3.22. The molecule has 2 rings (SSSR count). The van der Waals surface area contributed by atoms with E-state index in [2.05, 4.69) is 10.6 Å². The lowest BCUT2D eigenvalue weighted by atomic mass is 10.1. The predicted molar refractivity (Wildman–Crippen MR) is 73.2 cm³/mol. The Labute approximate surface area is 117 Å². The van der Waals surface area contributed by atoms with Crippen molar-refractivity contribution in [3.63, 3.8) is 0 Å². The molecule has 0 aromatic heterocycles. The van der Waals surface area contributed by atoms with E-state index in [1.165, 1.54) is 19.1 Å². The van der Waals surface area contributed by atoms with Crippen molar-refractivity contribution in [2.75, 3.05) is 13.1 Å². The highest BCUT2D eigenvalue weighted by Gasteiger charge is 2.29. The highest BCUT2D eigenvalue weighted by molar-refractivity contribution is 5.80. The molecule has 1 atom stereocenters. The van der Waals surface area contributed by atoms with Gasteiger partial charge in [-0.3, -0.25) is 4.79 Å². The van der Waals surface area contributed by atoms with E-state index >= 15 is 0 Å². The molecule has 0 heterocycles. The summed E-state index contributed by atoms with van der Waals surface area (Å²) in [4.78, 5) is 11.4. The quantitative estimate of drug-likeness (QED) is 0.787. The van der Waals surface area contributed by atoms with Gasteiger partial charge in [-0.1, -0.05) is 0 Å². The first-order chi connectivity index (χ1) is 9.49. The molecule has 1 saturated carbocycles. The Balaban J connectivity index is 1.80. The minimum absolute atomic E-state index is 0.0898. The number of aryl methyl sites for hydroxylation is 1. The van der Waals surface area contributed by atoms with Crippen LogP contribution in [0.3, 0.4) is 0 Å². The SMILES string of the molecule is Cc1cc(F)c(C(C)NCCNC(=O)C2CC2)cc1F. The van der Waals surface area contributed by atoms with Gasteiger partial charge in [0.1, 0.15) is 11.6 Å². The van der Waals surface area contributed by atoms with Crippen LogP contribution in [0.5, 0.6) is 0 Å². The third-order valence-electron chi connectivity index (χ3n) is 3.57. The zero-order valence-corrected chi connectivity index (χ0v) is 11.8. The van der Waals surface area contributed by atoms with Crippen LogP contribution < -0.4 is 10.6 Å². The highest BCUT2D eigenvalue weighted by Crippen LogP contribution is 2.28. The minimum atomic E-state index is -0.411. The molecule has 0 aliphatic heterocycles. The Hall–Kier alpha value is -1.49. The molecule has 0 radical (unpaired) electrons. The maximum Gasteiger partial charge on any atom is 0.223 e. The number of benzene rings is 1. The summed E-state index contributed by atoms with van der Waals surface area (Å²) >= 11 is 0. The molecule has 3 nitrogen and oxygen atoms in total. The van der Waals surface area contributed by atoms with Crippen molar-refractivity contribution in [3.8, 4) is 0 Å². The zero-order chi connectivity index (χ0) is 14.7. The molecule has 5 heteroatoms. The van der Waals surface area contributed by atoms with Crippen LogP contribution in [0.25, 0.3) is 0 Å². The van der Waals surface area contributed by atoms with Crippen molar-refractivity contribution < 1.29 is 13.6 Å². The van der Waals surface area contributed by atoms with Gasteiger partial charge in [-0.2, -0.15) is 0 Å². The van der Waals surface area contributed by atoms with Gasteiger partial charge in [0, 0.05) is 30.6 Å². The number of hydrogen-bond acceptors (Lipinski definition) is 2. The number of carbonyl (C=O) groups is 1. The lowest BCUT2D eigenvalue weighted by Crippen LogP contribution is -2.33. The summed E-state index contributed by atoms with van der Waals surface area (Å²) in [6.07, 6.45) is 1.95. The summed E-state index contributed by atoms with van der Waals surface area (Å²) in [6, 6.07) is 2.13. The first-order valence-electron chi connectivity index (χ1n) is 6.95. The summed E-state index contributed by atoms with van der Waals surface area (Å²) in [5.74, 6) is -0.536. The minimum Gasteiger partial charge on any atom is -0.355 e. The summed E-state index contributed by atoms with van der Waals surface area (Å²) in [7, 11) is 0. The number of amides is 1.